The van der Waals surface area contributed by atoms with E-state index in [1.54, 1.807) is 0 Å². The van der Waals surface area contributed by atoms with E-state index in [1.807, 2.05) is 0 Å². The molecule has 0 atom stereocenters. The van der Waals surface area contributed by atoms with Crippen LogP contribution in [0, 0.1) is 5.92 Å². The van der Waals surface area contributed by atoms with Crippen LogP contribution in [0.5, 0.6) is 5.88 Å². The highest BCUT2D eigenvalue weighted by Gasteiger charge is 2.26. The van der Waals surface area contributed by atoms with Crippen molar-refractivity contribution in [3.8, 4) is 5.88 Å². The van der Waals surface area contributed by atoms with Gasteiger partial charge in [-0.25, -0.2) is 9.78 Å². The summed E-state index contributed by atoms with van der Waals surface area (Å²) in [6, 6.07) is -0.391. The Bertz CT molecular complexity index is 515. The van der Waals surface area contributed by atoms with Gasteiger partial charge in [-0.1, -0.05) is 0 Å². The Labute approximate surface area is 121 Å². The molecule has 1 aromatic heterocycles. The predicted molar refractivity (Wildman–Crippen MR) is 74.1 cm³/mol. The molecular formula is C13H18N4O4. The summed E-state index contributed by atoms with van der Waals surface area (Å²) in [6.07, 6.45) is 5.26. The van der Waals surface area contributed by atoms with Crippen LogP contribution in [0.2, 0.25) is 0 Å². The molecule has 2 rings (SSSR count). The molecule has 8 heteroatoms. The number of hydrogen-bond acceptors (Lipinski definition) is 5. The maximum atomic E-state index is 11.9. The number of amides is 2. The van der Waals surface area contributed by atoms with E-state index in [-0.39, 0.29) is 23.9 Å². The second-order valence-electron chi connectivity index (χ2n) is 4.93. The highest BCUT2D eigenvalue weighted by atomic mass is 16.5. The monoisotopic (exact) mass is 294 g/mol. The quantitative estimate of drug-likeness (QED) is 0.770. The molecule has 0 saturated heterocycles. The Morgan fingerprint density at radius 2 is 2.05 bits per heavy atom. The van der Waals surface area contributed by atoms with E-state index in [2.05, 4.69) is 20.6 Å². The lowest BCUT2D eigenvalue weighted by atomic mass is 9.86. The second kappa shape index (κ2) is 6.87. The summed E-state index contributed by atoms with van der Waals surface area (Å²) in [5.74, 6) is -0.771. The molecule has 0 radical (unpaired) electrons. The van der Waals surface area contributed by atoms with Gasteiger partial charge in [0.15, 0.2) is 0 Å². The number of carbonyl (C=O) groups excluding carboxylic acids is 1. The minimum Gasteiger partial charge on any atom is -0.481 e. The van der Waals surface area contributed by atoms with E-state index in [4.69, 9.17) is 9.84 Å². The number of aliphatic carboxylic acids is 1. The summed E-state index contributed by atoms with van der Waals surface area (Å²) in [6.45, 7) is 0. The molecule has 21 heavy (non-hydrogen) atoms. The normalized spacial score (nSPS) is 21.4. The summed E-state index contributed by atoms with van der Waals surface area (Å²) in [7, 11) is 1.46. The van der Waals surface area contributed by atoms with E-state index in [0.29, 0.717) is 31.4 Å². The van der Waals surface area contributed by atoms with Gasteiger partial charge in [0.1, 0.15) is 12.0 Å². The van der Waals surface area contributed by atoms with Crippen molar-refractivity contribution >= 4 is 17.7 Å². The lowest BCUT2D eigenvalue weighted by Gasteiger charge is -2.26. The van der Waals surface area contributed by atoms with Gasteiger partial charge in [0.25, 0.3) is 0 Å². The first kappa shape index (κ1) is 15.0. The van der Waals surface area contributed by atoms with Crippen molar-refractivity contribution in [3.05, 3.63) is 12.5 Å². The van der Waals surface area contributed by atoms with E-state index in [0.717, 1.165) is 0 Å². The number of rotatable bonds is 4. The number of urea groups is 1. The van der Waals surface area contributed by atoms with E-state index in [9.17, 15) is 9.59 Å². The Hall–Kier alpha value is -2.38. The fourth-order valence-electron chi connectivity index (χ4n) is 2.40. The molecular weight excluding hydrogens is 276 g/mol. The minimum atomic E-state index is -0.760. The molecule has 3 N–H and O–H groups in total. The van der Waals surface area contributed by atoms with E-state index >= 15 is 0 Å². The van der Waals surface area contributed by atoms with Crippen molar-refractivity contribution in [1.82, 2.24) is 15.3 Å². The third-order valence-corrected chi connectivity index (χ3v) is 3.53. The van der Waals surface area contributed by atoms with Gasteiger partial charge in [-0.05, 0) is 25.7 Å². The van der Waals surface area contributed by atoms with E-state index < -0.39 is 5.97 Å². The van der Waals surface area contributed by atoms with Gasteiger partial charge in [0, 0.05) is 6.04 Å². The van der Waals surface area contributed by atoms with Crippen LogP contribution in [0.4, 0.5) is 10.5 Å². The average molecular weight is 294 g/mol. The van der Waals surface area contributed by atoms with Crippen LogP contribution < -0.4 is 15.4 Å². The lowest BCUT2D eigenvalue weighted by molar-refractivity contribution is -0.142. The van der Waals surface area contributed by atoms with Crippen LogP contribution in [-0.4, -0.2) is 40.2 Å². The number of methoxy groups -OCH3 is 1. The largest absolute Gasteiger partial charge is 0.481 e. The van der Waals surface area contributed by atoms with Crippen molar-refractivity contribution in [2.24, 2.45) is 5.92 Å². The Morgan fingerprint density at radius 3 is 2.67 bits per heavy atom. The van der Waals surface area contributed by atoms with Crippen molar-refractivity contribution < 1.29 is 19.4 Å². The Kier molecular flexibility index (Phi) is 4.91. The van der Waals surface area contributed by atoms with Crippen LogP contribution in [0.1, 0.15) is 25.7 Å². The average Bonchev–Trinajstić information content (AvgIpc) is 2.48. The van der Waals surface area contributed by atoms with Gasteiger partial charge in [-0.15, -0.1) is 0 Å². The zero-order chi connectivity index (χ0) is 15.2. The molecule has 114 valence electrons. The highest BCUT2D eigenvalue weighted by molar-refractivity contribution is 5.90. The van der Waals surface area contributed by atoms with Crippen LogP contribution in [0.15, 0.2) is 12.5 Å². The van der Waals surface area contributed by atoms with Gasteiger partial charge in [-0.3, -0.25) is 4.79 Å². The number of carbonyl (C=O) groups is 2. The number of aromatic nitrogens is 2. The maximum Gasteiger partial charge on any atom is 0.319 e. The van der Waals surface area contributed by atoms with Gasteiger partial charge in [0.05, 0.1) is 19.2 Å². The van der Waals surface area contributed by atoms with Crippen molar-refractivity contribution in [2.75, 3.05) is 12.4 Å². The molecule has 1 saturated carbocycles. The number of nitrogens with zero attached hydrogens (tertiary/aromatic N) is 2. The van der Waals surface area contributed by atoms with Gasteiger partial charge in [-0.2, -0.15) is 4.98 Å². The number of nitrogens with one attached hydrogen (secondary N) is 2. The molecule has 0 bridgehead atoms. The Balaban J connectivity index is 1.84. The molecule has 1 aliphatic carbocycles. The van der Waals surface area contributed by atoms with Crippen molar-refractivity contribution in [2.45, 2.75) is 31.7 Å². The zero-order valence-electron chi connectivity index (χ0n) is 11.7. The number of carboxylic acids is 1. The standard InChI is InChI=1S/C13H18N4O4/c1-21-11-10(6-14-7-15-11)17-13(20)16-9-4-2-8(3-5-9)12(18)19/h6-9H,2-5H2,1H3,(H,18,19)(H2,16,17,20). The molecule has 1 heterocycles. The third-order valence-electron chi connectivity index (χ3n) is 3.53. The minimum absolute atomic E-state index is 0.0174. The fourth-order valence-corrected chi connectivity index (χ4v) is 2.40. The topological polar surface area (TPSA) is 113 Å². The lowest BCUT2D eigenvalue weighted by Crippen LogP contribution is -2.41. The maximum absolute atomic E-state index is 11.9. The van der Waals surface area contributed by atoms with Gasteiger partial charge in [0.2, 0.25) is 5.88 Å². The molecule has 1 aliphatic rings. The van der Waals surface area contributed by atoms with Crippen LogP contribution in [0.25, 0.3) is 0 Å². The van der Waals surface area contributed by atoms with E-state index in [1.165, 1.54) is 19.6 Å². The molecule has 0 unspecified atom stereocenters. The second-order valence-corrected chi connectivity index (χ2v) is 4.93. The Morgan fingerprint density at radius 1 is 1.33 bits per heavy atom. The third kappa shape index (κ3) is 4.04. The predicted octanol–water partition coefficient (Wildman–Crippen LogP) is 1.25. The smallest absolute Gasteiger partial charge is 0.319 e. The van der Waals surface area contributed by atoms with Crippen LogP contribution in [-0.2, 0) is 4.79 Å². The molecule has 1 aromatic rings. The molecule has 0 aromatic carbocycles. The summed E-state index contributed by atoms with van der Waals surface area (Å²) < 4.78 is 5.02. The number of ether oxygens (including phenoxy) is 1. The number of hydrogen-bond donors (Lipinski definition) is 3. The van der Waals surface area contributed by atoms with Crippen molar-refractivity contribution in [3.63, 3.8) is 0 Å². The first-order valence-electron chi connectivity index (χ1n) is 6.74. The number of carboxylic acid groups (broad SMARTS) is 1. The highest BCUT2D eigenvalue weighted by Crippen LogP contribution is 2.24. The molecule has 0 spiro atoms. The SMILES string of the molecule is COc1ncncc1NC(=O)NC1CCC(C(=O)O)CC1. The summed E-state index contributed by atoms with van der Waals surface area (Å²) in [5, 5.41) is 14.4. The summed E-state index contributed by atoms with van der Waals surface area (Å²) in [4.78, 5) is 30.5. The van der Waals surface area contributed by atoms with Crippen LogP contribution >= 0.6 is 0 Å². The molecule has 2 amide bonds. The first-order valence-corrected chi connectivity index (χ1v) is 6.74. The van der Waals surface area contributed by atoms with Crippen molar-refractivity contribution in [1.29, 1.82) is 0 Å². The summed E-state index contributed by atoms with van der Waals surface area (Å²) >= 11 is 0. The van der Waals surface area contributed by atoms with Gasteiger partial charge >= 0.3 is 12.0 Å². The molecule has 0 aliphatic heterocycles. The summed E-state index contributed by atoms with van der Waals surface area (Å²) in [5.41, 5.74) is 0.386. The molecule has 8 nitrogen and oxygen atoms in total. The van der Waals surface area contributed by atoms with Gasteiger partial charge < -0.3 is 20.5 Å². The number of anilines is 1. The fraction of sp³-hybridized carbons (Fsp3) is 0.538. The zero-order valence-corrected chi connectivity index (χ0v) is 11.7. The van der Waals surface area contributed by atoms with Crippen LogP contribution in [0.3, 0.4) is 0 Å². The molecule has 1 fully saturated rings. The first-order chi connectivity index (χ1) is 10.1.